The highest BCUT2D eigenvalue weighted by Crippen LogP contribution is 2.61. The fourth-order valence-electron chi connectivity index (χ4n) is 9.24. The van der Waals surface area contributed by atoms with Gasteiger partial charge in [0.2, 0.25) is 0 Å². The average Bonchev–Trinajstić information content (AvgIpc) is 3.90. The summed E-state index contributed by atoms with van der Waals surface area (Å²) in [4.78, 5) is 1.29. The van der Waals surface area contributed by atoms with Gasteiger partial charge in [0.1, 0.15) is 22.3 Å². The number of thioether (sulfide) groups is 1. The van der Waals surface area contributed by atoms with Crippen LogP contribution in [0.2, 0.25) is 0 Å². The molecule has 0 N–H and O–H groups in total. The summed E-state index contributed by atoms with van der Waals surface area (Å²) >= 11 is 1.98. The van der Waals surface area contributed by atoms with Crippen LogP contribution >= 0.6 is 11.8 Å². The minimum absolute atomic E-state index is 0.150. The summed E-state index contributed by atoms with van der Waals surface area (Å²) in [7, 11) is 0. The first-order valence-corrected chi connectivity index (χ1v) is 19.1. The lowest BCUT2D eigenvalue weighted by atomic mass is 9.80. The molecule has 9 aromatic carbocycles. The van der Waals surface area contributed by atoms with Crippen LogP contribution in [0.1, 0.15) is 27.9 Å². The van der Waals surface area contributed by atoms with Crippen LogP contribution in [-0.4, -0.2) is 0 Å². The van der Waals surface area contributed by atoms with E-state index in [9.17, 15) is 0 Å². The van der Waals surface area contributed by atoms with Crippen molar-refractivity contribution in [1.29, 1.82) is 0 Å². The Labute approximate surface area is 309 Å². The predicted octanol–water partition coefficient (Wildman–Crippen LogP) is 14.6. The van der Waals surface area contributed by atoms with E-state index < -0.39 is 0 Å². The number of fused-ring (bicyclic) bond motifs is 11. The molecule has 2 nitrogen and oxygen atoms in total. The van der Waals surface area contributed by atoms with Gasteiger partial charge in [0.25, 0.3) is 0 Å². The largest absolute Gasteiger partial charge is 0.456 e. The van der Waals surface area contributed by atoms with E-state index in [1.165, 1.54) is 70.4 Å². The number of rotatable bonds is 3. The topological polar surface area (TPSA) is 26.3 Å². The first-order valence-electron chi connectivity index (χ1n) is 18.2. The molecule has 2 aromatic heterocycles. The summed E-state index contributed by atoms with van der Waals surface area (Å²) < 4.78 is 13.0. The molecule has 0 amide bonds. The summed E-state index contributed by atoms with van der Waals surface area (Å²) in [6.45, 7) is 0. The fraction of sp³-hybridized carbons (Fsp3) is 0.0400. The summed E-state index contributed by atoms with van der Waals surface area (Å²) in [5.41, 5.74) is 10.3. The molecule has 0 saturated carbocycles. The van der Waals surface area contributed by atoms with E-state index >= 15 is 0 Å². The first-order chi connectivity index (χ1) is 26.3. The minimum atomic E-state index is 0.150. The molecular formula is C50H30O2S. The van der Waals surface area contributed by atoms with Crippen LogP contribution in [0.5, 0.6) is 0 Å². The molecule has 2 atom stereocenters. The second-order valence-electron chi connectivity index (χ2n) is 14.2. The molecule has 1 aliphatic heterocycles. The van der Waals surface area contributed by atoms with Crippen molar-refractivity contribution in [1.82, 2.24) is 0 Å². The van der Waals surface area contributed by atoms with Crippen LogP contribution in [0.4, 0.5) is 0 Å². The van der Waals surface area contributed by atoms with Gasteiger partial charge in [-0.15, -0.1) is 11.8 Å². The maximum atomic E-state index is 6.54. The van der Waals surface area contributed by atoms with Gasteiger partial charge in [-0.2, -0.15) is 0 Å². The van der Waals surface area contributed by atoms with E-state index in [1.54, 1.807) is 0 Å². The maximum Gasteiger partial charge on any atom is 0.143 e. The number of hydrogen-bond donors (Lipinski definition) is 0. The highest BCUT2D eigenvalue weighted by Gasteiger charge is 2.38. The minimum Gasteiger partial charge on any atom is -0.456 e. The summed E-state index contributed by atoms with van der Waals surface area (Å²) in [5, 5.41) is 12.3. The molecule has 12 rings (SSSR count). The van der Waals surface area contributed by atoms with E-state index in [2.05, 4.69) is 158 Å². The highest BCUT2D eigenvalue weighted by atomic mass is 32.2. The molecule has 0 fully saturated rings. The van der Waals surface area contributed by atoms with Crippen LogP contribution in [-0.2, 0) is 0 Å². The Morgan fingerprint density at radius 1 is 0.396 bits per heavy atom. The molecule has 0 bridgehead atoms. The maximum absolute atomic E-state index is 6.54. The van der Waals surface area contributed by atoms with E-state index in [0.29, 0.717) is 0 Å². The van der Waals surface area contributed by atoms with Crippen molar-refractivity contribution >= 4 is 88.0 Å². The first kappa shape index (κ1) is 29.3. The van der Waals surface area contributed by atoms with Crippen LogP contribution in [0.15, 0.2) is 184 Å². The molecular weight excluding hydrogens is 665 g/mol. The molecule has 0 spiro atoms. The van der Waals surface area contributed by atoms with Crippen molar-refractivity contribution in [2.45, 2.75) is 16.1 Å². The molecule has 2 unspecified atom stereocenters. The zero-order valence-electron chi connectivity index (χ0n) is 28.5. The van der Waals surface area contributed by atoms with E-state index in [4.69, 9.17) is 8.83 Å². The zero-order valence-corrected chi connectivity index (χ0v) is 29.4. The number of benzene rings is 9. The standard InChI is InChI=1S/C50H30O2S/c1-2-13-29(14-3-1)46-41-27-40-32-16-9-10-23-42(32)51-44(40)28-45(41)53-50(46)48-36-19-6-4-17-34(36)47(35-18-5-7-20-37(35)48)33-21-12-22-38-30(33)25-26-39-31-15-8-11-24-43(31)52-49(38)39/h1-28,46,50H. The third-order valence-corrected chi connectivity index (χ3v) is 12.9. The normalized spacial score (nSPS) is 15.8. The Morgan fingerprint density at radius 3 is 1.70 bits per heavy atom. The Balaban J connectivity index is 1.13. The second kappa shape index (κ2) is 11.1. The summed E-state index contributed by atoms with van der Waals surface area (Å²) in [6, 6.07) is 61.9. The van der Waals surface area contributed by atoms with Crippen molar-refractivity contribution < 1.29 is 8.83 Å². The Morgan fingerprint density at radius 2 is 0.962 bits per heavy atom. The van der Waals surface area contributed by atoms with E-state index in [0.717, 1.165) is 38.5 Å². The van der Waals surface area contributed by atoms with Gasteiger partial charge >= 0.3 is 0 Å². The molecule has 53 heavy (non-hydrogen) atoms. The number of para-hydroxylation sites is 2. The smallest absolute Gasteiger partial charge is 0.143 e. The number of hydrogen-bond acceptors (Lipinski definition) is 3. The average molecular weight is 695 g/mol. The Bertz CT molecular complexity index is 3220. The third kappa shape index (κ3) is 4.17. The monoisotopic (exact) mass is 694 g/mol. The third-order valence-electron chi connectivity index (χ3n) is 11.5. The van der Waals surface area contributed by atoms with E-state index in [1.807, 2.05) is 23.9 Å². The fourth-order valence-corrected chi connectivity index (χ4v) is 10.8. The van der Waals surface area contributed by atoms with Gasteiger partial charge in [-0.05, 0) is 85.1 Å². The lowest BCUT2D eigenvalue weighted by Gasteiger charge is -2.26. The molecule has 248 valence electrons. The SMILES string of the molecule is c1ccc(C2c3cc4c(cc3SC2c2c3ccccc3c(-c3cccc5c3ccc3c6ccccc6oc53)c3ccccc23)oc2ccccc24)cc1. The molecule has 0 aliphatic carbocycles. The molecule has 3 heteroatoms. The van der Waals surface area contributed by atoms with Crippen LogP contribution in [0.3, 0.4) is 0 Å². The predicted molar refractivity (Wildman–Crippen MR) is 222 cm³/mol. The van der Waals surface area contributed by atoms with Gasteiger partial charge in [0.15, 0.2) is 0 Å². The zero-order chi connectivity index (χ0) is 34.6. The number of furan rings is 2. The van der Waals surface area contributed by atoms with E-state index in [-0.39, 0.29) is 11.2 Å². The summed E-state index contributed by atoms with van der Waals surface area (Å²) in [6.07, 6.45) is 0. The quantitative estimate of drug-likeness (QED) is 0.172. The van der Waals surface area contributed by atoms with Crippen molar-refractivity contribution in [2.24, 2.45) is 0 Å². The second-order valence-corrected chi connectivity index (χ2v) is 15.4. The lowest BCUT2D eigenvalue weighted by Crippen LogP contribution is -2.07. The van der Waals surface area contributed by atoms with Crippen molar-refractivity contribution in [3.8, 4) is 11.1 Å². The van der Waals surface area contributed by atoms with Crippen LogP contribution in [0, 0.1) is 0 Å². The van der Waals surface area contributed by atoms with Crippen molar-refractivity contribution in [3.05, 3.63) is 187 Å². The van der Waals surface area contributed by atoms with Crippen molar-refractivity contribution in [2.75, 3.05) is 0 Å². The van der Waals surface area contributed by atoms with Crippen LogP contribution < -0.4 is 0 Å². The molecule has 3 heterocycles. The van der Waals surface area contributed by atoms with Crippen molar-refractivity contribution in [3.63, 3.8) is 0 Å². The Hall–Kier alpha value is -6.29. The molecule has 0 radical (unpaired) electrons. The van der Waals surface area contributed by atoms with Crippen LogP contribution in [0.25, 0.3) is 87.3 Å². The van der Waals surface area contributed by atoms with Gasteiger partial charge in [-0.1, -0.05) is 140 Å². The Kier molecular flexibility index (Phi) is 6.14. The highest BCUT2D eigenvalue weighted by molar-refractivity contribution is 8.00. The molecule has 0 saturated heterocycles. The van der Waals surface area contributed by atoms with Gasteiger partial charge in [-0.3, -0.25) is 0 Å². The molecule has 11 aromatic rings. The van der Waals surface area contributed by atoms with Gasteiger partial charge in [0, 0.05) is 43.0 Å². The van der Waals surface area contributed by atoms with Gasteiger partial charge in [0.05, 0.1) is 0 Å². The molecule has 1 aliphatic rings. The van der Waals surface area contributed by atoms with Gasteiger partial charge in [-0.25, -0.2) is 0 Å². The lowest BCUT2D eigenvalue weighted by molar-refractivity contribution is 0.667. The summed E-state index contributed by atoms with van der Waals surface area (Å²) in [5.74, 6) is 0.158. The van der Waals surface area contributed by atoms with Gasteiger partial charge < -0.3 is 8.83 Å².